The van der Waals surface area contributed by atoms with Gasteiger partial charge in [-0.05, 0) is 12.5 Å². The number of nitro groups is 1. The third kappa shape index (κ3) is 3.12. The van der Waals surface area contributed by atoms with Crippen LogP contribution in [-0.2, 0) is 6.54 Å². The van der Waals surface area contributed by atoms with Gasteiger partial charge in [0.1, 0.15) is 5.01 Å². The second kappa shape index (κ2) is 5.70. The zero-order valence-corrected chi connectivity index (χ0v) is 10.7. The van der Waals surface area contributed by atoms with Crippen molar-refractivity contribution >= 4 is 17.0 Å². The molecule has 0 aliphatic rings. The first-order valence-electron chi connectivity index (χ1n) is 5.53. The summed E-state index contributed by atoms with van der Waals surface area (Å²) in [6, 6.07) is 6.73. The SMILES string of the molecule is CC(NCc1nccs1)c1ccc([N+](=O)[O-])cc1. The Bertz CT molecular complexity index is 511. The lowest BCUT2D eigenvalue weighted by atomic mass is 10.1. The van der Waals surface area contributed by atoms with Crippen molar-refractivity contribution in [2.24, 2.45) is 0 Å². The molecule has 1 aromatic carbocycles. The van der Waals surface area contributed by atoms with Crippen LogP contribution in [-0.4, -0.2) is 9.91 Å². The van der Waals surface area contributed by atoms with Gasteiger partial charge < -0.3 is 5.32 Å². The average Bonchev–Trinajstić information content (AvgIpc) is 2.89. The number of nitro benzene ring substituents is 1. The van der Waals surface area contributed by atoms with Crippen LogP contribution in [0.5, 0.6) is 0 Å². The number of thiazole rings is 1. The Hall–Kier alpha value is -1.79. The number of rotatable bonds is 5. The summed E-state index contributed by atoms with van der Waals surface area (Å²) in [4.78, 5) is 14.3. The van der Waals surface area contributed by atoms with E-state index in [1.54, 1.807) is 29.7 Å². The molecule has 1 unspecified atom stereocenters. The van der Waals surface area contributed by atoms with Crippen LogP contribution >= 0.6 is 11.3 Å². The molecule has 1 heterocycles. The largest absolute Gasteiger partial charge is 0.304 e. The van der Waals surface area contributed by atoms with Crippen molar-refractivity contribution in [3.63, 3.8) is 0 Å². The number of aromatic nitrogens is 1. The van der Waals surface area contributed by atoms with E-state index in [0.29, 0.717) is 6.54 Å². The average molecular weight is 263 g/mol. The molecule has 0 fully saturated rings. The molecule has 0 bridgehead atoms. The Balaban J connectivity index is 1.96. The zero-order chi connectivity index (χ0) is 13.0. The lowest BCUT2D eigenvalue weighted by molar-refractivity contribution is -0.384. The zero-order valence-electron chi connectivity index (χ0n) is 9.87. The van der Waals surface area contributed by atoms with E-state index in [0.717, 1.165) is 10.6 Å². The maximum absolute atomic E-state index is 10.5. The number of non-ortho nitro benzene ring substituents is 1. The van der Waals surface area contributed by atoms with E-state index in [2.05, 4.69) is 10.3 Å². The highest BCUT2D eigenvalue weighted by atomic mass is 32.1. The highest BCUT2D eigenvalue weighted by Gasteiger charge is 2.09. The normalized spacial score (nSPS) is 12.3. The molecule has 1 N–H and O–H groups in total. The summed E-state index contributed by atoms with van der Waals surface area (Å²) in [5.74, 6) is 0. The van der Waals surface area contributed by atoms with Crippen LogP contribution in [0.4, 0.5) is 5.69 Å². The molecule has 0 radical (unpaired) electrons. The molecule has 6 heteroatoms. The molecule has 0 aliphatic carbocycles. The molecule has 0 saturated heterocycles. The summed E-state index contributed by atoms with van der Waals surface area (Å²) >= 11 is 1.60. The predicted molar refractivity (Wildman–Crippen MR) is 70.5 cm³/mol. The van der Waals surface area contributed by atoms with E-state index in [1.165, 1.54) is 12.1 Å². The first-order valence-corrected chi connectivity index (χ1v) is 6.41. The molecule has 0 aliphatic heterocycles. The van der Waals surface area contributed by atoms with Gasteiger partial charge in [0.05, 0.1) is 4.92 Å². The van der Waals surface area contributed by atoms with Gasteiger partial charge in [0.15, 0.2) is 0 Å². The highest BCUT2D eigenvalue weighted by molar-refractivity contribution is 7.09. The molecule has 2 rings (SSSR count). The first kappa shape index (κ1) is 12.7. The lowest BCUT2D eigenvalue weighted by Gasteiger charge is -2.12. The van der Waals surface area contributed by atoms with E-state index in [1.807, 2.05) is 12.3 Å². The third-order valence-electron chi connectivity index (χ3n) is 2.65. The van der Waals surface area contributed by atoms with Gasteiger partial charge in [-0.2, -0.15) is 0 Å². The van der Waals surface area contributed by atoms with Crippen LogP contribution in [0.1, 0.15) is 23.5 Å². The fourth-order valence-electron chi connectivity index (χ4n) is 1.58. The second-order valence-corrected chi connectivity index (χ2v) is 4.86. The molecular formula is C12H13N3O2S. The van der Waals surface area contributed by atoms with Crippen molar-refractivity contribution in [1.82, 2.24) is 10.3 Å². The maximum atomic E-state index is 10.5. The van der Waals surface area contributed by atoms with Crippen LogP contribution in [0.2, 0.25) is 0 Å². The van der Waals surface area contributed by atoms with Crippen LogP contribution in [0, 0.1) is 10.1 Å². The molecular weight excluding hydrogens is 250 g/mol. The van der Waals surface area contributed by atoms with Gasteiger partial charge in [-0.1, -0.05) is 12.1 Å². The minimum absolute atomic E-state index is 0.117. The lowest BCUT2D eigenvalue weighted by Crippen LogP contribution is -2.17. The Labute approximate surface area is 109 Å². The van der Waals surface area contributed by atoms with Crippen molar-refractivity contribution in [1.29, 1.82) is 0 Å². The summed E-state index contributed by atoms with van der Waals surface area (Å²) in [5, 5.41) is 16.8. The topological polar surface area (TPSA) is 68.1 Å². The molecule has 1 aromatic heterocycles. The smallest absolute Gasteiger partial charge is 0.269 e. The van der Waals surface area contributed by atoms with Crippen molar-refractivity contribution in [3.05, 3.63) is 56.5 Å². The minimum atomic E-state index is -0.391. The number of nitrogens with zero attached hydrogens (tertiary/aromatic N) is 2. The fraction of sp³-hybridized carbons (Fsp3) is 0.250. The molecule has 0 saturated carbocycles. The molecule has 0 amide bonds. The quantitative estimate of drug-likeness (QED) is 0.665. The Morgan fingerprint density at radius 2 is 2.17 bits per heavy atom. The molecule has 2 aromatic rings. The summed E-state index contributed by atoms with van der Waals surface area (Å²) in [7, 11) is 0. The van der Waals surface area contributed by atoms with Gasteiger partial charge in [0.2, 0.25) is 0 Å². The first-order chi connectivity index (χ1) is 8.66. The molecule has 0 spiro atoms. The minimum Gasteiger partial charge on any atom is -0.304 e. The van der Waals surface area contributed by atoms with Crippen LogP contribution in [0.3, 0.4) is 0 Å². The monoisotopic (exact) mass is 263 g/mol. The van der Waals surface area contributed by atoms with E-state index in [-0.39, 0.29) is 11.7 Å². The Morgan fingerprint density at radius 3 is 2.72 bits per heavy atom. The van der Waals surface area contributed by atoms with Crippen molar-refractivity contribution in [3.8, 4) is 0 Å². The van der Waals surface area contributed by atoms with Crippen LogP contribution < -0.4 is 5.32 Å². The number of benzene rings is 1. The summed E-state index contributed by atoms with van der Waals surface area (Å²) in [6.07, 6.45) is 1.78. The van der Waals surface area contributed by atoms with E-state index in [9.17, 15) is 10.1 Å². The predicted octanol–water partition coefficient (Wildman–Crippen LogP) is 2.90. The fourth-order valence-corrected chi connectivity index (χ4v) is 2.15. The standard InChI is InChI=1S/C12H13N3O2S/c1-9(14-8-12-13-6-7-18-12)10-2-4-11(5-3-10)15(16)17/h2-7,9,14H,8H2,1H3. The molecule has 1 atom stereocenters. The summed E-state index contributed by atoms with van der Waals surface area (Å²) in [5.41, 5.74) is 1.14. The van der Waals surface area contributed by atoms with Gasteiger partial charge in [-0.25, -0.2) is 4.98 Å². The number of hydrogen-bond acceptors (Lipinski definition) is 5. The molecule has 94 valence electrons. The highest BCUT2D eigenvalue weighted by Crippen LogP contribution is 2.18. The van der Waals surface area contributed by atoms with Gasteiger partial charge in [0.25, 0.3) is 5.69 Å². The molecule has 5 nitrogen and oxygen atoms in total. The van der Waals surface area contributed by atoms with Gasteiger partial charge in [-0.15, -0.1) is 11.3 Å². The Kier molecular flexibility index (Phi) is 4.01. The number of nitrogens with one attached hydrogen (secondary N) is 1. The third-order valence-corrected chi connectivity index (χ3v) is 3.43. The second-order valence-electron chi connectivity index (χ2n) is 3.88. The van der Waals surface area contributed by atoms with Gasteiger partial charge >= 0.3 is 0 Å². The van der Waals surface area contributed by atoms with Crippen molar-refractivity contribution in [2.75, 3.05) is 0 Å². The maximum Gasteiger partial charge on any atom is 0.269 e. The van der Waals surface area contributed by atoms with Crippen molar-refractivity contribution < 1.29 is 4.92 Å². The van der Waals surface area contributed by atoms with E-state index in [4.69, 9.17) is 0 Å². The molecule has 18 heavy (non-hydrogen) atoms. The van der Waals surface area contributed by atoms with Crippen LogP contribution in [0.25, 0.3) is 0 Å². The van der Waals surface area contributed by atoms with Gasteiger partial charge in [-0.3, -0.25) is 10.1 Å². The number of hydrogen-bond donors (Lipinski definition) is 1. The van der Waals surface area contributed by atoms with E-state index < -0.39 is 4.92 Å². The van der Waals surface area contributed by atoms with Gasteiger partial charge in [0, 0.05) is 36.3 Å². The van der Waals surface area contributed by atoms with E-state index >= 15 is 0 Å². The summed E-state index contributed by atoms with van der Waals surface area (Å²) < 4.78 is 0. The van der Waals surface area contributed by atoms with Crippen LogP contribution in [0.15, 0.2) is 35.8 Å². The summed E-state index contributed by atoms with van der Waals surface area (Å²) in [6.45, 7) is 2.73. The Morgan fingerprint density at radius 1 is 1.44 bits per heavy atom. The van der Waals surface area contributed by atoms with Crippen molar-refractivity contribution in [2.45, 2.75) is 19.5 Å².